The number of nitrogens with zero attached hydrogens (tertiary/aromatic N) is 2. The average molecular weight is 370 g/mol. The molecule has 1 N–H and O–H groups in total. The van der Waals surface area contributed by atoms with E-state index in [1.807, 2.05) is 6.07 Å². The maximum atomic E-state index is 12.4. The van der Waals surface area contributed by atoms with Gasteiger partial charge in [0.15, 0.2) is 0 Å². The highest BCUT2D eigenvalue weighted by Gasteiger charge is 2.34. The van der Waals surface area contributed by atoms with Crippen molar-refractivity contribution in [1.82, 2.24) is 15.1 Å². The lowest BCUT2D eigenvalue weighted by Gasteiger charge is -2.39. The van der Waals surface area contributed by atoms with Gasteiger partial charge in [0.2, 0.25) is 5.91 Å². The van der Waals surface area contributed by atoms with E-state index in [1.165, 1.54) is 12.8 Å². The molecule has 6 heteroatoms. The summed E-state index contributed by atoms with van der Waals surface area (Å²) in [7, 11) is 2.17. The molecule has 0 bridgehead atoms. The lowest BCUT2D eigenvalue weighted by Crippen LogP contribution is -2.54. The third-order valence-corrected chi connectivity index (χ3v) is 5.92. The van der Waals surface area contributed by atoms with Crippen molar-refractivity contribution in [2.75, 3.05) is 33.2 Å². The van der Waals surface area contributed by atoms with Crippen LogP contribution >= 0.6 is 23.2 Å². The summed E-state index contributed by atoms with van der Waals surface area (Å²) in [6, 6.07) is 6.13. The first-order valence-electron chi connectivity index (χ1n) is 8.69. The number of hydrogen-bond donors (Lipinski definition) is 1. The molecule has 2 unspecified atom stereocenters. The zero-order valence-corrected chi connectivity index (χ0v) is 15.6. The van der Waals surface area contributed by atoms with Crippen molar-refractivity contribution in [3.05, 3.63) is 33.8 Å². The SMILES string of the molecule is CN1CCN(C2CCCC2NC(=O)Cc2ccc(Cl)c(Cl)c2)CC1. The Bertz CT molecular complexity index is 588. The van der Waals surface area contributed by atoms with Crippen molar-refractivity contribution < 1.29 is 4.79 Å². The first-order valence-corrected chi connectivity index (χ1v) is 9.44. The number of piperazine rings is 1. The van der Waals surface area contributed by atoms with E-state index in [1.54, 1.807) is 12.1 Å². The quantitative estimate of drug-likeness (QED) is 0.886. The van der Waals surface area contributed by atoms with Crippen LogP contribution in [0.25, 0.3) is 0 Å². The molecule has 1 aliphatic heterocycles. The van der Waals surface area contributed by atoms with Crippen LogP contribution in [0.5, 0.6) is 0 Å². The van der Waals surface area contributed by atoms with Crippen LogP contribution in [0.2, 0.25) is 10.0 Å². The van der Waals surface area contributed by atoms with E-state index in [0.29, 0.717) is 22.5 Å². The van der Waals surface area contributed by atoms with Gasteiger partial charge in [-0.05, 0) is 44.0 Å². The van der Waals surface area contributed by atoms with Crippen LogP contribution in [0.1, 0.15) is 24.8 Å². The molecular weight excluding hydrogens is 345 g/mol. The van der Waals surface area contributed by atoms with Crippen molar-refractivity contribution >= 4 is 29.1 Å². The Kier molecular flexibility index (Phi) is 6.03. The summed E-state index contributed by atoms with van der Waals surface area (Å²) in [5.41, 5.74) is 0.899. The normalized spacial score (nSPS) is 25.8. The van der Waals surface area contributed by atoms with Crippen molar-refractivity contribution in [2.24, 2.45) is 0 Å². The van der Waals surface area contributed by atoms with Crippen molar-refractivity contribution in [3.63, 3.8) is 0 Å². The molecule has 4 nitrogen and oxygen atoms in total. The predicted octanol–water partition coefficient (Wildman–Crippen LogP) is 2.82. The van der Waals surface area contributed by atoms with Crippen LogP contribution in [0.15, 0.2) is 18.2 Å². The van der Waals surface area contributed by atoms with Gasteiger partial charge in [0, 0.05) is 38.3 Å². The number of carbonyl (C=O) groups excluding carboxylic acids is 1. The van der Waals surface area contributed by atoms with E-state index in [2.05, 4.69) is 22.2 Å². The van der Waals surface area contributed by atoms with Crippen LogP contribution in [-0.2, 0) is 11.2 Å². The van der Waals surface area contributed by atoms with Crippen LogP contribution in [0.3, 0.4) is 0 Å². The van der Waals surface area contributed by atoms with Crippen LogP contribution < -0.4 is 5.32 Å². The van der Waals surface area contributed by atoms with E-state index in [0.717, 1.165) is 38.2 Å². The molecule has 0 aromatic heterocycles. The molecule has 1 saturated heterocycles. The van der Waals surface area contributed by atoms with E-state index < -0.39 is 0 Å². The van der Waals surface area contributed by atoms with Gasteiger partial charge in [-0.3, -0.25) is 9.69 Å². The van der Waals surface area contributed by atoms with E-state index in [9.17, 15) is 4.79 Å². The summed E-state index contributed by atoms with van der Waals surface area (Å²) >= 11 is 12.0. The Balaban J connectivity index is 1.55. The van der Waals surface area contributed by atoms with E-state index in [4.69, 9.17) is 23.2 Å². The molecule has 1 heterocycles. The molecule has 1 aromatic carbocycles. The molecule has 24 heavy (non-hydrogen) atoms. The van der Waals surface area contributed by atoms with Gasteiger partial charge < -0.3 is 10.2 Å². The molecule has 0 radical (unpaired) electrons. The third kappa shape index (κ3) is 4.42. The molecule has 0 spiro atoms. The second-order valence-corrected chi connectivity index (χ2v) is 7.75. The van der Waals surface area contributed by atoms with Crippen LogP contribution in [0.4, 0.5) is 0 Å². The number of nitrogens with one attached hydrogen (secondary N) is 1. The highest BCUT2D eigenvalue weighted by atomic mass is 35.5. The number of carbonyl (C=O) groups is 1. The van der Waals surface area contributed by atoms with Gasteiger partial charge in [-0.1, -0.05) is 29.3 Å². The van der Waals surface area contributed by atoms with Crippen molar-refractivity contribution in [3.8, 4) is 0 Å². The first-order chi connectivity index (χ1) is 11.5. The number of amides is 1. The second kappa shape index (κ2) is 8.05. The fourth-order valence-corrected chi connectivity index (χ4v) is 4.11. The Morgan fingerprint density at radius 3 is 2.62 bits per heavy atom. The maximum Gasteiger partial charge on any atom is 0.224 e. The Hall–Kier alpha value is -0.810. The highest BCUT2D eigenvalue weighted by molar-refractivity contribution is 6.42. The number of benzene rings is 1. The van der Waals surface area contributed by atoms with Crippen LogP contribution in [0, 0.1) is 0 Å². The average Bonchev–Trinajstić information content (AvgIpc) is 2.99. The number of hydrogen-bond acceptors (Lipinski definition) is 3. The summed E-state index contributed by atoms with van der Waals surface area (Å²) in [6.45, 7) is 4.42. The van der Waals surface area contributed by atoms with Gasteiger partial charge in [0.25, 0.3) is 0 Å². The zero-order chi connectivity index (χ0) is 17.1. The third-order valence-electron chi connectivity index (χ3n) is 5.18. The second-order valence-electron chi connectivity index (χ2n) is 6.94. The van der Waals surface area contributed by atoms with Crippen molar-refractivity contribution in [2.45, 2.75) is 37.8 Å². The van der Waals surface area contributed by atoms with E-state index in [-0.39, 0.29) is 11.9 Å². The summed E-state index contributed by atoms with van der Waals surface area (Å²) < 4.78 is 0. The Labute approximate surface area is 154 Å². The van der Waals surface area contributed by atoms with Gasteiger partial charge in [-0.2, -0.15) is 0 Å². The topological polar surface area (TPSA) is 35.6 Å². The summed E-state index contributed by atoms with van der Waals surface area (Å²) in [4.78, 5) is 17.3. The molecule has 1 aliphatic carbocycles. The van der Waals surface area contributed by atoms with Crippen molar-refractivity contribution in [1.29, 1.82) is 0 Å². The summed E-state index contributed by atoms with van der Waals surface area (Å²) in [5.74, 6) is 0.0689. The molecule has 1 amide bonds. The highest BCUT2D eigenvalue weighted by Crippen LogP contribution is 2.26. The minimum atomic E-state index is 0.0689. The number of likely N-dealkylation sites (N-methyl/N-ethyl adjacent to an activating group) is 1. The monoisotopic (exact) mass is 369 g/mol. The fraction of sp³-hybridized carbons (Fsp3) is 0.611. The molecule has 132 valence electrons. The Morgan fingerprint density at radius 2 is 1.92 bits per heavy atom. The number of rotatable bonds is 4. The minimum Gasteiger partial charge on any atom is -0.352 e. The molecule has 1 aromatic rings. The predicted molar refractivity (Wildman–Crippen MR) is 98.8 cm³/mol. The molecule has 1 saturated carbocycles. The van der Waals surface area contributed by atoms with Gasteiger partial charge >= 0.3 is 0 Å². The van der Waals surface area contributed by atoms with Gasteiger partial charge in [0.1, 0.15) is 0 Å². The Morgan fingerprint density at radius 1 is 1.17 bits per heavy atom. The molecule has 2 fully saturated rings. The molecule has 3 rings (SSSR count). The van der Waals surface area contributed by atoms with Crippen LogP contribution in [-0.4, -0.2) is 61.0 Å². The molecular formula is C18H25Cl2N3O. The number of halogens is 2. The summed E-state index contributed by atoms with van der Waals surface area (Å²) in [6.07, 6.45) is 3.79. The van der Waals surface area contributed by atoms with Gasteiger partial charge in [0.05, 0.1) is 16.5 Å². The fourth-order valence-electron chi connectivity index (χ4n) is 3.79. The van der Waals surface area contributed by atoms with Gasteiger partial charge in [-0.15, -0.1) is 0 Å². The van der Waals surface area contributed by atoms with E-state index >= 15 is 0 Å². The lowest BCUT2D eigenvalue weighted by atomic mass is 10.1. The molecule has 2 aliphatic rings. The van der Waals surface area contributed by atoms with Gasteiger partial charge in [-0.25, -0.2) is 0 Å². The largest absolute Gasteiger partial charge is 0.352 e. The lowest BCUT2D eigenvalue weighted by molar-refractivity contribution is -0.121. The smallest absolute Gasteiger partial charge is 0.224 e. The summed E-state index contributed by atoms with van der Waals surface area (Å²) in [5, 5.41) is 4.27. The minimum absolute atomic E-state index is 0.0689. The first kappa shape index (κ1) is 18.0. The standard InChI is InChI=1S/C18H25Cl2N3O/c1-22-7-9-23(10-8-22)17-4-2-3-16(17)21-18(24)12-13-5-6-14(19)15(20)11-13/h5-6,11,16-17H,2-4,7-10,12H2,1H3,(H,21,24). The molecule has 2 atom stereocenters. The zero-order valence-electron chi connectivity index (χ0n) is 14.1. The maximum absolute atomic E-state index is 12.4.